The van der Waals surface area contributed by atoms with Gasteiger partial charge in [-0.2, -0.15) is 0 Å². The van der Waals surface area contributed by atoms with Crippen LogP contribution >= 0.6 is 11.3 Å². The molecule has 2 aromatic rings. The topological polar surface area (TPSA) is 51.0 Å². The van der Waals surface area contributed by atoms with E-state index in [4.69, 9.17) is 0 Å². The van der Waals surface area contributed by atoms with Crippen LogP contribution in [0.5, 0.6) is 0 Å². The molecule has 0 aromatic carbocycles. The molecule has 0 radical (unpaired) electrons. The highest BCUT2D eigenvalue weighted by Gasteiger charge is 2.29. The number of aryl methyl sites for hydroxylation is 2. The normalized spacial score (nSPS) is 18.9. The summed E-state index contributed by atoms with van der Waals surface area (Å²) in [7, 11) is 0. The maximum atomic E-state index is 12.6. The largest absolute Gasteiger partial charge is 0.337 e. The molecular formula is C15H20N4OS. The smallest absolute Gasteiger partial charge is 0.224 e. The quantitative estimate of drug-likeness (QED) is 0.872. The lowest BCUT2D eigenvalue weighted by atomic mass is 10.0. The Balaban J connectivity index is 1.67. The summed E-state index contributed by atoms with van der Waals surface area (Å²) in [5.74, 6) is 0.223. The predicted octanol–water partition coefficient (Wildman–Crippen LogP) is 2.79. The molecule has 6 heteroatoms. The number of aromatic nitrogens is 3. The van der Waals surface area contributed by atoms with Crippen molar-refractivity contribution >= 4 is 17.2 Å². The Bertz CT molecular complexity index is 593. The van der Waals surface area contributed by atoms with Gasteiger partial charge in [0, 0.05) is 43.0 Å². The Kier molecular flexibility index (Phi) is 4.34. The van der Waals surface area contributed by atoms with Gasteiger partial charge in [-0.05, 0) is 26.2 Å². The van der Waals surface area contributed by atoms with E-state index in [2.05, 4.69) is 15.3 Å². The van der Waals surface area contributed by atoms with Crippen LogP contribution < -0.4 is 0 Å². The van der Waals surface area contributed by atoms with Crippen LogP contribution in [0.4, 0.5) is 0 Å². The van der Waals surface area contributed by atoms with Crippen molar-refractivity contribution in [2.75, 3.05) is 6.54 Å². The molecule has 3 rings (SSSR count). The first-order valence-corrected chi connectivity index (χ1v) is 8.29. The van der Waals surface area contributed by atoms with Crippen LogP contribution in [0.25, 0.3) is 0 Å². The van der Waals surface area contributed by atoms with Gasteiger partial charge in [0.15, 0.2) is 0 Å². The minimum Gasteiger partial charge on any atom is -0.337 e. The molecule has 3 heterocycles. The van der Waals surface area contributed by atoms with E-state index in [9.17, 15) is 4.79 Å². The van der Waals surface area contributed by atoms with Crippen LogP contribution in [0.1, 0.15) is 42.4 Å². The van der Waals surface area contributed by atoms with Crippen LogP contribution in [0.2, 0.25) is 0 Å². The highest BCUT2D eigenvalue weighted by Crippen LogP contribution is 2.33. The minimum absolute atomic E-state index is 0.174. The summed E-state index contributed by atoms with van der Waals surface area (Å²) in [5, 5.41) is 3.15. The molecule has 112 valence electrons. The summed E-state index contributed by atoms with van der Waals surface area (Å²) in [6, 6.07) is 0.174. The zero-order chi connectivity index (χ0) is 14.7. The molecule has 1 atom stereocenters. The van der Waals surface area contributed by atoms with Crippen molar-refractivity contribution in [2.45, 2.75) is 45.2 Å². The number of amides is 1. The predicted molar refractivity (Wildman–Crippen MR) is 82.0 cm³/mol. The Morgan fingerprint density at radius 1 is 1.48 bits per heavy atom. The molecule has 0 N–H and O–H groups in total. The second-order valence-electron chi connectivity index (χ2n) is 5.48. The molecule has 0 aliphatic carbocycles. The molecule has 1 fully saturated rings. The molecule has 2 aromatic heterocycles. The molecule has 0 bridgehead atoms. The number of imidazole rings is 1. The number of carbonyl (C=O) groups excluding carboxylic acids is 1. The number of rotatable bonds is 4. The lowest BCUT2D eigenvalue weighted by Gasteiger charge is -2.34. The molecule has 1 amide bonds. The summed E-state index contributed by atoms with van der Waals surface area (Å²) in [5.41, 5.74) is 1.05. The standard InChI is InChI=1S/C15H20N4OS/c1-12-10-21-15(17-12)13-4-2-3-7-19(13)14(20)5-8-18-9-6-16-11-18/h6,9-11,13H,2-5,7-8H2,1H3. The van der Waals surface area contributed by atoms with Crippen molar-refractivity contribution in [3.05, 3.63) is 34.8 Å². The van der Waals surface area contributed by atoms with Crippen molar-refractivity contribution in [3.8, 4) is 0 Å². The van der Waals surface area contributed by atoms with Crippen molar-refractivity contribution in [1.29, 1.82) is 0 Å². The van der Waals surface area contributed by atoms with E-state index >= 15 is 0 Å². The number of piperidine rings is 1. The Hall–Kier alpha value is -1.69. The van der Waals surface area contributed by atoms with Gasteiger partial charge in [-0.3, -0.25) is 4.79 Å². The van der Waals surface area contributed by atoms with Crippen LogP contribution in [0.3, 0.4) is 0 Å². The number of thiazole rings is 1. The number of nitrogens with zero attached hydrogens (tertiary/aromatic N) is 4. The maximum absolute atomic E-state index is 12.6. The third-order valence-electron chi connectivity index (χ3n) is 3.89. The second-order valence-corrected chi connectivity index (χ2v) is 6.37. The Morgan fingerprint density at radius 2 is 2.38 bits per heavy atom. The average Bonchev–Trinajstić information content (AvgIpc) is 3.16. The summed E-state index contributed by atoms with van der Waals surface area (Å²) in [6.45, 7) is 3.55. The lowest BCUT2D eigenvalue weighted by Crippen LogP contribution is -2.38. The summed E-state index contributed by atoms with van der Waals surface area (Å²) >= 11 is 1.67. The molecule has 1 aliphatic heterocycles. The highest BCUT2D eigenvalue weighted by molar-refractivity contribution is 7.09. The van der Waals surface area contributed by atoms with Crippen LogP contribution in [-0.2, 0) is 11.3 Å². The second kappa shape index (κ2) is 6.39. The maximum Gasteiger partial charge on any atom is 0.224 e. The van der Waals surface area contributed by atoms with Gasteiger partial charge in [0.1, 0.15) is 5.01 Å². The third kappa shape index (κ3) is 3.32. The average molecular weight is 304 g/mol. The van der Waals surface area contributed by atoms with Crippen molar-refractivity contribution < 1.29 is 4.79 Å². The van der Waals surface area contributed by atoms with Crippen LogP contribution in [0, 0.1) is 6.92 Å². The van der Waals surface area contributed by atoms with Gasteiger partial charge in [-0.25, -0.2) is 9.97 Å². The van der Waals surface area contributed by atoms with Gasteiger partial charge in [0.05, 0.1) is 12.4 Å². The fraction of sp³-hybridized carbons (Fsp3) is 0.533. The van der Waals surface area contributed by atoms with Crippen LogP contribution in [-0.4, -0.2) is 31.9 Å². The highest BCUT2D eigenvalue weighted by atomic mass is 32.1. The fourth-order valence-corrected chi connectivity index (χ4v) is 3.74. The van der Waals surface area contributed by atoms with E-state index in [1.165, 1.54) is 6.42 Å². The number of hydrogen-bond acceptors (Lipinski definition) is 4. The molecule has 0 spiro atoms. The van der Waals surface area contributed by atoms with Crippen molar-refractivity contribution in [2.24, 2.45) is 0 Å². The fourth-order valence-electron chi connectivity index (χ4n) is 2.80. The van der Waals surface area contributed by atoms with Gasteiger partial charge >= 0.3 is 0 Å². The van der Waals surface area contributed by atoms with E-state index in [0.717, 1.165) is 30.1 Å². The molecule has 1 unspecified atom stereocenters. The summed E-state index contributed by atoms with van der Waals surface area (Å²) in [4.78, 5) is 23.2. The monoisotopic (exact) mass is 304 g/mol. The Labute approximate surface area is 128 Å². The third-order valence-corrected chi connectivity index (χ3v) is 4.95. The number of carbonyl (C=O) groups is 1. The molecule has 5 nitrogen and oxygen atoms in total. The number of hydrogen-bond donors (Lipinski definition) is 0. The van der Waals surface area contributed by atoms with E-state index < -0.39 is 0 Å². The first kappa shape index (κ1) is 14.3. The van der Waals surface area contributed by atoms with Gasteiger partial charge in [0.2, 0.25) is 5.91 Å². The zero-order valence-corrected chi connectivity index (χ0v) is 13.1. The SMILES string of the molecule is Cc1csc(C2CCCCN2C(=O)CCn2ccnc2)n1. The van der Waals surface area contributed by atoms with Gasteiger partial charge in [-0.1, -0.05) is 0 Å². The zero-order valence-electron chi connectivity index (χ0n) is 12.2. The van der Waals surface area contributed by atoms with E-state index in [1.807, 2.05) is 22.6 Å². The summed E-state index contributed by atoms with van der Waals surface area (Å²) < 4.78 is 1.95. The van der Waals surface area contributed by atoms with E-state index in [1.54, 1.807) is 23.9 Å². The molecule has 0 saturated carbocycles. The van der Waals surface area contributed by atoms with Crippen molar-refractivity contribution in [3.63, 3.8) is 0 Å². The van der Waals surface area contributed by atoms with Crippen molar-refractivity contribution in [1.82, 2.24) is 19.4 Å². The molecule has 1 saturated heterocycles. The van der Waals surface area contributed by atoms with Gasteiger partial charge in [0.25, 0.3) is 0 Å². The molecule has 1 aliphatic rings. The van der Waals surface area contributed by atoms with E-state index in [0.29, 0.717) is 13.0 Å². The first-order chi connectivity index (χ1) is 10.2. The number of likely N-dealkylation sites (tertiary alicyclic amines) is 1. The lowest BCUT2D eigenvalue weighted by molar-refractivity contribution is -0.135. The molecule has 21 heavy (non-hydrogen) atoms. The first-order valence-electron chi connectivity index (χ1n) is 7.41. The van der Waals surface area contributed by atoms with Crippen LogP contribution in [0.15, 0.2) is 24.1 Å². The Morgan fingerprint density at radius 3 is 3.10 bits per heavy atom. The van der Waals surface area contributed by atoms with E-state index in [-0.39, 0.29) is 11.9 Å². The van der Waals surface area contributed by atoms with Gasteiger partial charge in [-0.15, -0.1) is 11.3 Å². The summed E-state index contributed by atoms with van der Waals surface area (Å²) in [6.07, 6.45) is 9.22. The minimum atomic E-state index is 0.174. The van der Waals surface area contributed by atoms with Gasteiger partial charge < -0.3 is 9.47 Å². The molecular weight excluding hydrogens is 284 g/mol.